The van der Waals surface area contributed by atoms with E-state index in [4.69, 9.17) is 4.84 Å². The van der Waals surface area contributed by atoms with Crippen LogP contribution in [0.1, 0.15) is 6.92 Å². The summed E-state index contributed by atoms with van der Waals surface area (Å²) in [6.45, 7) is 2.47. The fourth-order valence-corrected chi connectivity index (χ4v) is 1.57. The number of anilines is 1. The molecule has 2 rings (SSSR count). The third kappa shape index (κ3) is 1.21. The van der Waals surface area contributed by atoms with Gasteiger partial charge in [-0.2, -0.15) is 5.06 Å². The summed E-state index contributed by atoms with van der Waals surface area (Å²) in [6.07, 6.45) is 0. The Labute approximate surface area is 68.9 Å². The molecule has 0 spiro atoms. The van der Waals surface area contributed by atoms with Gasteiger partial charge in [-0.25, -0.2) is 4.99 Å². The molecule has 0 bridgehead atoms. The van der Waals surface area contributed by atoms with Gasteiger partial charge in [-0.15, -0.1) is 11.3 Å². The van der Waals surface area contributed by atoms with E-state index in [2.05, 4.69) is 4.99 Å². The standard InChI is InChI=1S/C7H8N2OS/c1-6-8-5-9(10-6)7-3-2-4-11-7/h2-4H,5H2,1H3. The molecule has 0 atom stereocenters. The maximum absolute atomic E-state index is 5.30. The summed E-state index contributed by atoms with van der Waals surface area (Å²) in [5.74, 6) is 0.735. The summed E-state index contributed by atoms with van der Waals surface area (Å²) >= 11 is 1.65. The average Bonchev–Trinajstić information content (AvgIpc) is 2.55. The molecular weight excluding hydrogens is 160 g/mol. The Morgan fingerprint density at radius 2 is 2.64 bits per heavy atom. The Kier molecular flexibility index (Phi) is 1.54. The zero-order chi connectivity index (χ0) is 7.68. The van der Waals surface area contributed by atoms with Gasteiger partial charge < -0.3 is 4.84 Å². The molecule has 58 valence electrons. The number of hydroxylamine groups is 1. The van der Waals surface area contributed by atoms with Crippen LogP contribution in [0.2, 0.25) is 0 Å². The molecule has 2 heterocycles. The van der Waals surface area contributed by atoms with E-state index in [1.54, 1.807) is 16.4 Å². The summed E-state index contributed by atoms with van der Waals surface area (Å²) in [7, 11) is 0. The van der Waals surface area contributed by atoms with Crippen LogP contribution in [0.3, 0.4) is 0 Å². The third-order valence-corrected chi connectivity index (χ3v) is 2.29. The van der Waals surface area contributed by atoms with E-state index in [-0.39, 0.29) is 0 Å². The molecule has 0 saturated heterocycles. The normalized spacial score (nSPS) is 16.5. The van der Waals surface area contributed by atoms with Crippen molar-refractivity contribution in [2.45, 2.75) is 6.92 Å². The van der Waals surface area contributed by atoms with E-state index in [0.29, 0.717) is 6.67 Å². The molecule has 1 aliphatic heterocycles. The number of rotatable bonds is 1. The highest BCUT2D eigenvalue weighted by atomic mass is 32.1. The summed E-state index contributed by atoms with van der Waals surface area (Å²) in [6, 6.07) is 4.01. The maximum Gasteiger partial charge on any atom is 0.216 e. The van der Waals surface area contributed by atoms with Gasteiger partial charge in [0.1, 0.15) is 5.00 Å². The molecule has 0 amide bonds. The first-order valence-corrected chi connectivity index (χ1v) is 4.24. The quantitative estimate of drug-likeness (QED) is 0.639. The fourth-order valence-electron chi connectivity index (χ4n) is 0.907. The molecule has 11 heavy (non-hydrogen) atoms. The van der Waals surface area contributed by atoms with Gasteiger partial charge in [0.05, 0.1) is 0 Å². The zero-order valence-electron chi connectivity index (χ0n) is 6.15. The largest absolute Gasteiger partial charge is 0.362 e. The van der Waals surface area contributed by atoms with Crippen LogP contribution >= 0.6 is 11.3 Å². The van der Waals surface area contributed by atoms with E-state index in [1.165, 1.54) is 0 Å². The molecule has 0 aliphatic carbocycles. The Hall–Kier alpha value is -1.03. The maximum atomic E-state index is 5.30. The molecule has 0 aromatic carbocycles. The van der Waals surface area contributed by atoms with E-state index in [9.17, 15) is 0 Å². The molecule has 3 nitrogen and oxygen atoms in total. The fraction of sp³-hybridized carbons (Fsp3) is 0.286. The number of aliphatic imine (C=N–C) groups is 1. The highest BCUT2D eigenvalue weighted by molar-refractivity contribution is 7.14. The highest BCUT2D eigenvalue weighted by Gasteiger charge is 2.14. The summed E-state index contributed by atoms with van der Waals surface area (Å²) in [5.41, 5.74) is 0. The molecular formula is C7H8N2OS. The van der Waals surface area contributed by atoms with Crippen LogP contribution in [0, 0.1) is 0 Å². The summed E-state index contributed by atoms with van der Waals surface area (Å²) in [5, 5.41) is 4.90. The predicted octanol–water partition coefficient (Wildman–Crippen LogP) is 1.88. The van der Waals surface area contributed by atoms with Gasteiger partial charge >= 0.3 is 0 Å². The van der Waals surface area contributed by atoms with Crippen molar-refractivity contribution in [1.82, 2.24) is 0 Å². The molecule has 1 aliphatic rings. The van der Waals surface area contributed by atoms with Crippen LogP contribution in [0.15, 0.2) is 22.5 Å². The van der Waals surface area contributed by atoms with Crippen molar-refractivity contribution >= 4 is 22.2 Å². The highest BCUT2D eigenvalue weighted by Crippen LogP contribution is 2.23. The summed E-state index contributed by atoms with van der Waals surface area (Å²) in [4.78, 5) is 9.40. The lowest BCUT2D eigenvalue weighted by Gasteiger charge is -2.12. The molecule has 0 unspecified atom stereocenters. The SMILES string of the molecule is CC1=NCN(c2cccs2)O1. The van der Waals surface area contributed by atoms with Crippen LogP contribution in [0.4, 0.5) is 5.00 Å². The molecule has 4 heteroatoms. The monoisotopic (exact) mass is 168 g/mol. The minimum atomic E-state index is 0.617. The number of nitrogens with zero attached hydrogens (tertiary/aromatic N) is 2. The van der Waals surface area contributed by atoms with Crippen LogP contribution in [-0.2, 0) is 4.84 Å². The van der Waals surface area contributed by atoms with Gasteiger partial charge in [0.2, 0.25) is 5.90 Å². The van der Waals surface area contributed by atoms with Crippen LogP contribution in [0.25, 0.3) is 0 Å². The first-order chi connectivity index (χ1) is 5.36. The molecule has 0 N–H and O–H groups in total. The average molecular weight is 168 g/mol. The minimum absolute atomic E-state index is 0.617. The Bertz CT molecular complexity index is 268. The van der Waals surface area contributed by atoms with Crippen molar-refractivity contribution in [3.8, 4) is 0 Å². The predicted molar refractivity (Wildman–Crippen MR) is 45.9 cm³/mol. The van der Waals surface area contributed by atoms with Gasteiger partial charge in [-0.05, 0) is 17.5 Å². The molecule has 0 radical (unpaired) electrons. The van der Waals surface area contributed by atoms with Crippen molar-refractivity contribution in [1.29, 1.82) is 0 Å². The second-order valence-electron chi connectivity index (χ2n) is 2.24. The lowest BCUT2D eigenvalue weighted by molar-refractivity contribution is 0.299. The first kappa shape index (κ1) is 6.67. The van der Waals surface area contributed by atoms with Crippen molar-refractivity contribution in [3.63, 3.8) is 0 Å². The zero-order valence-corrected chi connectivity index (χ0v) is 6.97. The Morgan fingerprint density at radius 1 is 1.73 bits per heavy atom. The van der Waals surface area contributed by atoms with Crippen molar-refractivity contribution in [2.24, 2.45) is 4.99 Å². The van der Waals surface area contributed by atoms with E-state index >= 15 is 0 Å². The van der Waals surface area contributed by atoms with Crippen molar-refractivity contribution in [2.75, 3.05) is 11.7 Å². The van der Waals surface area contributed by atoms with E-state index in [1.807, 2.05) is 24.4 Å². The molecule has 0 fully saturated rings. The van der Waals surface area contributed by atoms with Gasteiger partial charge in [0.15, 0.2) is 6.67 Å². The Balaban J connectivity index is 2.11. The van der Waals surface area contributed by atoms with E-state index < -0.39 is 0 Å². The third-order valence-electron chi connectivity index (χ3n) is 1.42. The van der Waals surface area contributed by atoms with Gasteiger partial charge in [-0.3, -0.25) is 0 Å². The smallest absolute Gasteiger partial charge is 0.216 e. The van der Waals surface area contributed by atoms with Gasteiger partial charge in [0, 0.05) is 6.92 Å². The topological polar surface area (TPSA) is 24.8 Å². The lowest BCUT2D eigenvalue weighted by atomic mass is 10.6. The number of hydrogen-bond donors (Lipinski definition) is 0. The summed E-state index contributed by atoms with van der Waals surface area (Å²) < 4.78 is 0. The van der Waals surface area contributed by atoms with Crippen LogP contribution < -0.4 is 5.06 Å². The van der Waals surface area contributed by atoms with E-state index in [0.717, 1.165) is 10.9 Å². The van der Waals surface area contributed by atoms with Crippen LogP contribution in [-0.4, -0.2) is 12.6 Å². The number of thiophene rings is 1. The van der Waals surface area contributed by atoms with Crippen molar-refractivity contribution < 1.29 is 4.84 Å². The number of hydrogen-bond acceptors (Lipinski definition) is 4. The Morgan fingerprint density at radius 3 is 3.18 bits per heavy atom. The second kappa shape index (κ2) is 2.54. The minimum Gasteiger partial charge on any atom is -0.362 e. The van der Waals surface area contributed by atoms with Gasteiger partial charge in [0.25, 0.3) is 0 Å². The van der Waals surface area contributed by atoms with Crippen molar-refractivity contribution in [3.05, 3.63) is 17.5 Å². The molecule has 1 aromatic heterocycles. The first-order valence-electron chi connectivity index (χ1n) is 3.36. The van der Waals surface area contributed by atoms with Crippen LogP contribution in [0.5, 0.6) is 0 Å². The van der Waals surface area contributed by atoms with Gasteiger partial charge in [-0.1, -0.05) is 0 Å². The molecule has 0 saturated carbocycles. The second-order valence-corrected chi connectivity index (χ2v) is 3.17. The molecule has 1 aromatic rings. The lowest BCUT2D eigenvalue weighted by Crippen LogP contribution is -2.17.